The van der Waals surface area contributed by atoms with Crippen molar-refractivity contribution in [3.05, 3.63) is 36.0 Å². The maximum atomic E-state index is 3.16. The van der Waals surface area contributed by atoms with Crippen molar-refractivity contribution in [3.8, 4) is 0 Å². The highest BCUT2D eigenvalue weighted by Crippen LogP contribution is 2.13. The molecule has 0 aliphatic heterocycles. The lowest BCUT2D eigenvalue weighted by Crippen LogP contribution is -2.09. The molecule has 66 valence electrons. The Morgan fingerprint density at radius 2 is 2.25 bits per heavy atom. The van der Waals surface area contributed by atoms with Crippen LogP contribution in [0.3, 0.4) is 0 Å². The van der Waals surface area contributed by atoms with Crippen molar-refractivity contribution < 1.29 is 0 Å². The van der Waals surface area contributed by atoms with Crippen LogP contribution in [0.15, 0.2) is 36.0 Å². The van der Waals surface area contributed by atoms with Crippen LogP contribution in [-0.4, -0.2) is 13.6 Å². The van der Waals surface area contributed by atoms with E-state index in [0.717, 1.165) is 6.54 Å². The average Bonchev–Trinajstić information content (AvgIpc) is 2.30. The van der Waals surface area contributed by atoms with Crippen LogP contribution in [0.5, 0.6) is 0 Å². The SMILES string of the molecule is CCC1C=CC=CC(CNC)=C1. The molecule has 0 saturated carbocycles. The minimum Gasteiger partial charge on any atom is -0.316 e. The van der Waals surface area contributed by atoms with Crippen LogP contribution in [0.1, 0.15) is 13.3 Å². The van der Waals surface area contributed by atoms with E-state index < -0.39 is 0 Å². The topological polar surface area (TPSA) is 12.0 Å². The Morgan fingerprint density at radius 3 is 2.92 bits per heavy atom. The summed E-state index contributed by atoms with van der Waals surface area (Å²) in [7, 11) is 1.98. The van der Waals surface area contributed by atoms with Gasteiger partial charge in [0, 0.05) is 6.54 Å². The van der Waals surface area contributed by atoms with E-state index in [1.54, 1.807) is 0 Å². The van der Waals surface area contributed by atoms with Crippen molar-refractivity contribution in [1.29, 1.82) is 0 Å². The Bertz CT molecular complexity index is 211. The fraction of sp³-hybridized carbons (Fsp3) is 0.455. The van der Waals surface area contributed by atoms with E-state index in [4.69, 9.17) is 0 Å². The third-order valence-corrected chi connectivity index (χ3v) is 2.06. The Labute approximate surface area is 74.9 Å². The summed E-state index contributed by atoms with van der Waals surface area (Å²) in [6.45, 7) is 3.18. The number of hydrogen-bond acceptors (Lipinski definition) is 1. The molecular formula is C11H17N. The second-order valence-corrected chi connectivity index (χ2v) is 3.09. The molecule has 0 aromatic heterocycles. The van der Waals surface area contributed by atoms with E-state index in [2.05, 4.69) is 42.6 Å². The van der Waals surface area contributed by atoms with Gasteiger partial charge in [-0.05, 0) is 25.0 Å². The van der Waals surface area contributed by atoms with E-state index in [-0.39, 0.29) is 0 Å². The lowest BCUT2D eigenvalue weighted by Gasteiger charge is -2.05. The molecule has 1 nitrogen and oxygen atoms in total. The lowest BCUT2D eigenvalue weighted by atomic mass is 10.0. The molecule has 0 fully saturated rings. The summed E-state index contributed by atoms with van der Waals surface area (Å²) < 4.78 is 0. The molecule has 1 unspecified atom stereocenters. The maximum Gasteiger partial charge on any atom is 0.0199 e. The maximum absolute atomic E-state index is 3.16. The van der Waals surface area contributed by atoms with Gasteiger partial charge in [-0.25, -0.2) is 0 Å². The van der Waals surface area contributed by atoms with Crippen molar-refractivity contribution in [2.45, 2.75) is 13.3 Å². The van der Waals surface area contributed by atoms with Crippen LogP contribution in [0.4, 0.5) is 0 Å². The molecule has 0 aromatic rings. The number of rotatable bonds is 3. The zero-order chi connectivity index (χ0) is 8.81. The first-order valence-corrected chi connectivity index (χ1v) is 4.57. The first kappa shape index (κ1) is 9.27. The van der Waals surface area contributed by atoms with Crippen LogP contribution in [0.2, 0.25) is 0 Å². The van der Waals surface area contributed by atoms with E-state index >= 15 is 0 Å². The first-order chi connectivity index (χ1) is 5.86. The summed E-state index contributed by atoms with van der Waals surface area (Å²) in [4.78, 5) is 0. The quantitative estimate of drug-likeness (QED) is 0.673. The number of hydrogen-bond donors (Lipinski definition) is 1. The summed E-state index contributed by atoms with van der Waals surface area (Å²) >= 11 is 0. The van der Waals surface area contributed by atoms with Gasteiger partial charge in [0.1, 0.15) is 0 Å². The molecule has 1 aliphatic rings. The molecule has 0 amide bonds. The van der Waals surface area contributed by atoms with Gasteiger partial charge in [-0.2, -0.15) is 0 Å². The molecule has 1 rings (SSSR count). The third-order valence-electron chi connectivity index (χ3n) is 2.06. The van der Waals surface area contributed by atoms with Gasteiger partial charge in [-0.15, -0.1) is 0 Å². The Morgan fingerprint density at radius 1 is 1.42 bits per heavy atom. The molecule has 0 aromatic carbocycles. The van der Waals surface area contributed by atoms with Gasteiger partial charge < -0.3 is 5.32 Å². The fourth-order valence-electron chi connectivity index (χ4n) is 1.35. The minimum absolute atomic E-state index is 0.614. The largest absolute Gasteiger partial charge is 0.316 e. The second kappa shape index (κ2) is 4.94. The second-order valence-electron chi connectivity index (χ2n) is 3.09. The van der Waals surface area contributed by atoms with Crippen molar-refractivity contribution >= 4 is 0 Å². The molecule has 1 N–H and O–H groups in total. The summed E-state index contributed by atoms with van der Waals surface area (Å²) in [6.07, 6.45) is 12.2. The summed E-state index contributed by atoms with van der Waals surface area (Å²) in [5, 5.41) is 3.16. The smallest absolute Gasteiger partial charge is 0.0199 e. The number of nitrogens with one attached hydrogen (secondary N) is 1. The van der Waals surface area contributed by atoms with Crippen LogP contribution >= 0.6 is 0 Å². The zero-order valence-corrected chi connectivity index (χ0v) is 7.88. The molecule has 0 heterocycles. The summed E-state index contributed by atoms with van der Waals surface area (Å²) in [6, 6.07) is 0. The predicted octanol–water partition coefficient (Wildman–Crippen LogP) is 2.28. The molecule has 0 radical (unpaired) electrons. The minimum atomic E-state index is 0.614. The van der Waals surface area contributed by atoms with Crippen molar-refractivity contribution in [3.63, 3.8) is 0 Å². The van der Waals surface area contributed by atoms with Crippen LogP contribution in [-0.2, 0) is 0 Å². The van der Waals surface area contributed by atoms with Crippen molar-refractivity contribution in [2.75, 3.05) is 13.6 Å². The predicted molar refractivity (Wildman–Crippen MR) is 54.1 cm³/mol. The van der Waals surface area contributed by atoms with E-state index in [9.17, 15) is 0 Å². The molecule has 1 atom stereocenters. The molecule has 0 bridgehead atoms. The highest BCUT2D eigenvalue weighted by atomic mass is 14.8. The van der Waals surface area contributed by atoms with E-state index in [1.807, 2.05) is 7.05 Å². The van der Waals surface area contributed by atoms with Gasteiger partial charge in [0.2, 0.25) is 0 Å². The zero-order valence-electron chi connectivity index (χ0n) is 7.88. The number of allylic oxidation sites excluding steroid dienone is 4. The van der Waals surface area contributed by atoms with Crippen LogP contribution in [0.25, 0.3) is 0 Å². The third kappa shape index (κ3) is 2.67. The number of likely N-dealkylation sites (N-methyl/N-ethyl adjacent to an activating group) is 1. The van der Waals surface area contributed by atoms with E-state index in [0.29, 0.717) is 5.92 Å². The fourth-order valence-corrected chi connectivity index (χ4v) is 1.35. The standard InChI is InChI=1S/C11H17N/c1-3-10-6-4-5-7-11(8-10)9-12-2/h4-8,10,12H,3,9H2,1-2H3. The van der Waals surface area contributed by atoms with Crippen molar-refractivity contribution in [2.24, 2.45) is 5.92 Å². The van der Waals surface area contributed by atoms with Gasteiger partial charge in [-0.1, -0.05) is 37.3 Å². The van der Waals surface area contributed by atoms with Gasteiger partial charge in [0.05, 0.1) is 0 Å². The molecular weight excluding hydrogens is 146 g/mol. The molecule has 0 saturated heterocycles. The van der Waals surface area contributed by atoms with Gasteiger partial charge in [-0.3, -0.25) is 0 Å². The molecule has 0 spiro atoms. The highest BCUT2D eigenvalue weighted by Gasteiger charge is 2.00. The van der Waals surface area contributed by atoms with Gasteiger partial charge in [0.25, 0.3) is 0 Å². The van der Waals surface area contributed by atoms with Crippen molar-refractivity contribution in [1.82, 2.24) is 5.32 Å². The first-order valence-electron chi connectivity index (χ1n) is 4.57. The summed E-state index contributed by atoms with van der Waals surface area (Å²) in [5.74, 6) is 0.614. The Kier molecular flexibility index (Phi) is 3.81. The lowest BCUT2D eigenvalue weighted by molar-refractivity contribution is 0.763. The van der Waals surface area contributed by atoms with Crippen LogP contribution < -0.4 is 5.32 Å². The molecule has 1 heteroatoms. The van der Waals surface area contributed by atoms with E-state index in [1.165, 1.54) is 12.0 Å². The Hall–Kier alpha value is -0.820. The normalized spacial score (nSPS) is 22.2. The van der Waals surface area contributed by atoms with Gasteiger partial charge >= 0.3 is 0 Å². The highest BCUT2D eigenvalue weighted by molar-refractivity contribution is 5.29. The Balaban J connectivity index is 2.65. The molecule has 1 aliphatic carbocycles. The van der Waals surface area contributed by atoms with Crippen LogP contribution in [0, 0.1) is 5.92 Å². The monoisotopic (exact) mass is 163 g/mol. The summed E-state index contributed by atoms with van der Waals surface area (Å²) in [5.41, 5.74) is 1.38. The molecule has 12 heavy (non-hydrogen) atoms. The average molecular weight is 163 g/mol. The van der Waals surface area contributed by atoms with Gasteiger partial charge in [0.15, 0.2) is 0 Å².